The van der Waals surface area contributed by atoms with Gasteiger partial charge >= 0.3 is 0 Å². The first-order valence-corrected chi connectivity index (χ1v) is 8.61. The molecule has 1 aliphatic rings. The lowest BCUT2D eigenvalue weighted by Gasteiger charge is -2.21. The summed E-state index contributed by atoms with van der Waals surface area (Å²) < 4.78 is 1.33. The van der Waals surface area contributed by atoms with Gasteiger partial charge in [0.2, 0.25) is 0 Å². The zero-order valence-electron chi connectivity index (χ0n) is 12.2. The summed E-state index contributed by atoms with van der Waals surface area (Å²) in [7, 11) is 0. The monoisotopic (exact) mass is 378 g/mol. The van der Waals surface area contributed by atoms with Gasteiger partial charge in [-0.2, -0.15) is 0 Å². The van der Waals surface area contributed by atoms with Gasteiger partial charge in [0, 0.05) is 3.57 Å². The van der Waals surface area contributed by atoms with E-state index in [1.807, 2.05) is 0 Å². The summed E-state index contributed by atoms with van der Waals surface area (Å²) in [4.78, 5) is 0. The number of halogens is 1. The molecule has 20 heavy (non-hydrogen) atoms. The average Bonchev–Trinajstić information content (AvgIpc) is 2.48. The van der Waals surface area contributed by atoms with Crippen LogP contribution >= 0.6 is 22.6 Å². The molecule has 0 heterocycles. The van der Waals surface area contributed by atoms with Crippen LogP contribution in [-0.4, -0.2) is 0 Å². The highest BCUT2D eigenvalue weighted by molar-refractivity contribution is 14.1. The van der Waals surface area contributed by atoms with E-state index in [-0.39, 0.29) is 0 Å². The molecule has 0 saturated heterocycles. The Hall–Kier alpha value is -0.830. The number of allylic oxidation sites excluding steroid dienone is 5. The first-order valence-electron chi connectivity index (χ1n) is 7.53. The summed E-state index contributed by atoms with van der Waals surface area (Å²) >= 11 is 2.42. The molecule has 0 radical (unpaired) electrons. The largest absolute Gasteiger partial charge is 0.103 e. The standard InChI is InChI=1S/C19H23I/c1-3-8-15(9-4-2)19-14-17(20)12-13-18(19)16-10-6-5-7-11-16/h3,6,10-15H,1,4-5,7-9H2,2H3. The van der Waals surface area contributed by atoms with Crippen LogP contribution in [0.4, 0.5) is 0 Å². The van der Waals surface area contributed by atoms with Gasteiger partial charge in [-0.3, -0.25) is 0 Å². The van der Waals surface area contributed by atoms with E-state index in [1.165, 1.54) is 39.5 Å². The topological polar surface area (TPSA) is 0 Å². The zero-order chi connectivity index (χ0) is 14.4. The highest BCUT2D eigenvalue weighted by Crippen LogP contribution is 2.34. The van der Waals surface area contributed by atoms with Crippen LogP contribution in [0, 0.1) is 3.57 Å². The Kier molecular flexibility index (Phi) is 6.08. The Labute approximate surface area is 136 Å². The molecule has 1 aromatic carbocycles. The molecule has 2 rings (SSSR count). The van der Waals surface area contributed by atoms with Crippen molar-refractivity contribution < 1.29 is 0 Å². The van der Waals surface area contributed by atoms with E-state index in [2.05, 4.69) is 78.6 Å². The maximum atomic E-state index is 3.94. The molecule has 0 N–H and O–H groups in total. The molecule has 1 unspecified atom stereocenters. The fraction of sp³-hybridized carbons (Fsp3) is 0.368. The van der Waals surface area contributed by atoms with Gasteiger partial charge in [-0.05, 0) is 83.0 Å². The summed E-state index contributed by atoms with van der Waals surface area (Å²) in [6.45, 7) is 6.21. The van der Waals surface area contributed by atoms with Crippen molar-refractivity contribution in [1.29, 1.82) is 0 Å². The smallest absolute Gasteiger partial charge is 0.0133 e. The molecule has 0 fully saturated rings. The van der Waals surface area contributed by atoms with Crippen LogP contribution < -0.4 is 0 Å². The number of benzene rings is 1. The van der Waals surface area contributed by atoms with Crippen molar-refractivity contribution in [3.8, 4) is 0 Å². The Bertz CT molecular complexity index is 523. The third-order valence-corrected chi connectivity index (χ3v) is 4.52. The molecule has 0 aromatic heterocycles. The van der Waals surface area contributed by atoms with E-state index >= 15 is 0 Å². The molecular weight excluding hydrogens is 355 g/mol. The number of hydrogen-bond acceptors (Lipinski definition) is 0. The minimum Gasteiger partial charge on any atom is -0.103 e. The van der Waals surface area contributed by atoms with Gasteiger partial charge in [-0.1, -0.05) is 43.7 Å². The van der Waals surface area contributed by atoms with Crippen molar-refractivity contribution in [1.82, 2.24) is 0 Å². The molecule has 0 saturated carbocycles. The lowest BCUT2D eigenvalue weighted by atomic mass is 9.84. The van der Waals surface area contributed by atoms with Crippen molar-refractivity contribution in [2.75, 3.05) is 0 Å². The van der Waals surface area contributed by atoms with Crippen molar-refractivity contribution in [3.63, 3.8) is 0 Å². The fourth-order valence-corrected chi connectivity index (χ4v) is 3.41. The van der Waals surface area contributed by atoms with Gasteiger partial charge in [-0.15, -0.1) is 6.58 Å². The highest BCUT2D eigenvalue weighted by Gasteiger charge is 2.16. The van der Waals surface area contributed by atoms with E-state index in [0.29, 0.717) is 5.92 Å². The van der Waals surface area contributed by atoms with Gasteiger partial charge in [-0.25, -0.2) is 0 Å². The average molecular weight is 378 g/mol. The van der Waals surface area contributed by atoms with E-state index in [1.54, 1.807) is 0 Å². The first-order chi connectivity index (χ1) is 9.76. The van der Waals surface area contributed by atoms with Crippen molar-refractivity contribution in [2.45, 2.75) is 44.9 Å². The van der Waals surface area contributed by atoms with E-state index in [4.69, 9.17) is 0 Å². The Morgan fingerprint density at radius 3 is 2.85 bits per heavy atom. The van der Waals surface area contributed by atoms with Crippen molar-refractivity contribution >= 4 is 28.2 Å². The lowest BCUT2D eigenvalue weighted by molar-refractivity contribution is 0.620. The quantitative estimate of drug-likeness (QED) is 0.392. The number of rotatable bonds is 6. The Morgan fingerprint density at radius 2 is 2.20 bits per heavy atom. The van der Waals surface area contributed by atoms with Crippen LogP contribution in [-0.2, 0) is 0 Å². The van der Waals surface area contributed by atoms with Crippen LogP contribution in [0.5, 0.6) is 0 Å². The van der Waals surface area contributed by atoms with Gasteiger partial charge in [0.15, 0.2) is 0 Å². The minimum atomic E-state index is 0.596. The van der Waals surface area contributed by atoms with Crippen molar-refractivity contribution in [2.24, 2.45) is 0 Å². The molecular formula is C19H23I. The summed E-state index contributed by atoms with van der Waals surface area (Å²) in [5, 5.41) is 0. The maximum Gasteiger partial charge on any atom is 0.0133 e. The maximum absolute atomic E-state index is 3.94. The molecule has 1 heteroatoms. The van der Waals surface area contributed by atoms with Gasteiger partial charge in [0.05, 0.1) is 0 Å². The summed E-state index contributed by atoms with van der Waals surface area (Å²) in [5.74, 6) is 0.596. The zero-order valence-corrected chi connectivity index (χ0v) is 14.4. The third-order valence-electron chi connectivity index (χ3n) is 3.85. The van der Waals surface area contributed by atoms with Crippen molar-refractivity contribution in [3.05, 3.63) is 63.8 Å². The van der Waals surface area contributed by atoms with Crippen LogP contribution in [0.2, 0.25) is 0 Å². The number of hydrogen-bond donors (Lipinski definition) is 0. The molecule has 0 bridgehead atoms. The van der Waals surface area contributed by atoms with E-state index in [0.717, 1.165) is 12.8 Å². The summed E-state index contributed by atoms with van der Waals surface area (Å²) in [5.41, 5.74) is 4.31. The van der Waals surface area contributed by atoms with Crippen LogP contribution in [0.25, 0.3) is 5.57 Å². The predicted octanol–water partition coefficient (Wildman–Crippen LogP) is 6.48. The van der Waals surface area contributed by atoms with Crippen LogP contribution in [0.15, 0.2) is 49.1 Å². The molecule has 0 amide bonds. The van der Waals surface area contributed by atoms with Crippen LogP contribution in [0.1, 0.15) is 56.1 Å². The molecule has 1 atom stereocenters. The molecule has 0 spiro atoms. The van der Waals surface area contributed by atoms with Gasteiger partial charge in [0.1, 0.15) is 0 Å². The lowest BCUT2D eigenvalue weighted by Crippen LogP contribution is -2.03. The molecule has 1 aromatic rings. The summed E-state index contributed by atoms with van der Waals surface area (Å²) in [6, 6.07) is 6.88. The molecule has 1 aliphatic carbocycles. The predicted molar refractivity (Wildman–Crippen MR) is 98.0 cm³/mol. The van der Waals surface area contributed by atoms with Gasteiger partial charge in [0.25, 0.3) is 0 Å². The first kappa shape index (κ1) is 15.6. The fourth-order valence-electron chi connectivity index (χ4n) is 2.90. The second kappa shape index (κ2) is 7.82. The van der Waals surface area contributed by atoms with E-state index in [9.17, 15) is 0 Å². The third kappa shape index (κ3) is 3.85. The van der Waals surface area contributed by atoms with Crippen LogP contribution in [0.3, 0.4) is 0 Å². The second-order valence-corrected chi connectivity index (χ2v) is 6.63. The second-order valence-electron chi connectivity index (χ2n) is 5.38. The minimum absolute atomic E-state index is 0.596. The Balaban J connectivity index is 2.43. The molecule has 0 aliphatic heterocycles. The normalized spacial score (nSPS) is 15.8. The highest BCUT2D eigenvalue weighted by atomic mass is 127. The SMILES string of the molecule is C=CCC(CCC)c1cc(I)ccc1C1=CCCC=C1. The van der Waals surface area contributed by atoms with Gasteiger partial charge < -0.3 is 0 Å². The summed E-state index contributed by atoms with van der Waals surface area (Å²) in [6.07, 6.45) is 14.9. The molecule has 0 nitrogen and oxygen atoms in total. The Morgan fingerprint density at radius 1 is 1.35 bits per heavy atom. The molecule has 106 valence electrons. The van der Waals surface area contributed by atoms with E-state index < -0.39 is 0 Å².